The van der Waals surface area contributed by atoms with Gasteiger partial charge in [-0.05, 0) is 12.8 Å². The van der Waals surface area contributed by atoms with Gasteiger partial charge < -0.3 is 24.6 Å². The van der Waals surface area contributed by atoms with Gasteiger partial charge in [-0.15, -0.1) is 0 Å². The summed E-state index contributed by atoms with van der Waals surface area (Å²) in [5.74, 6) is -0.935. The Kier molecular flexibility index (Phi) is 25.2. The number of phosphoric acid groups is 1. The Bertz CT molecular complexity index is 646. The highest BCUT2D eigenvalue weighted by atomic mass is 31.2. The Morgan fingerprint density at radius 3 is 1.59 bits per heavy atom. The molecular formula is C28H55O10P. The first-order valence-corrected chi connectivity index (χ1v) is 16.5. The zero-order valence-corrected chi connectivity index (χ0v) is 25.3. The topological polar surface area (TPSA) is 149 Å². The number of hydrogen-bond donors (Lipinski definition) is 3. The lowest BCUT2D eigenvalue weighted by atomic mass is 10.1. The molecule has 3 unspecified atom stereocenters. The zero-order valence-electron chi connectivity index (χ0n) is 24.4. The van der Waals surface area contributed by atoms with Crippen molar-refractivity contribution in [3.8, 4) is 0 Å². The van der Waals surface area contributed by atoms with Gasteiger partial charge in [-0.2, -0.15) is 0 Å². The van der Waals surface area contributed by atoms with Crippen LogP contribution in [0.3, 0.4) is 0 Å². The Morgan fingerprint density at radius 1 is 0.667 bits per heavy atom. The van der Waals surface area contributed by atoms with Crippen LogP contribution in [0.5, 0.6) is 0 Å². The van der Waals surface area contributed by atoms with E-state index in [-0.39, 0.29) is 19.4 Å². The largest absolute Gasteiger partial charge is 0.472 e. The summed E-state index contributed by atoms with van der Waals surface area (Å²) >= 11 is 0. The molecule has 0 aromatic carbocycles. The summed E-state index contributed by atoms with van der Waals surface area (Å²) in [4.78, 5) is 34.3. The average Bonchev–Trinajstić information content (AvgIpc) is 2.91. The van der Waals surface area contributed by atoms with Crippen LogP contribution in [0, 0.1) is 0 Å². The van der Waals surface area contributed by atoms with Gasteiger partial charge >= 0.3 is 19.8 Å². The van der Waals surface area contributed by atoms with Crippen LogP contribution in [0.4, 0.5) is 0 Å². The molecule has 11 heteroatoms. The third-order valence-corrected chi connectivity index (χ3v) is 7.21. The van der Waals surface area contributed by atoms with Crippen molar-refractivity contribution in [1.82, 2.24) is 0 Å². The highest BCUT2D eigenvalue weighted by Gasteiger charge is 2.27. The Morgan fingerprint density at radius 2 is 1.10 bits per heavy atom. The highest BCUT2D eigenvalue weighted by Crippen LogP contribution is 2.43. The van der Waals surface area contributed by atoms with Gasteiger partial charge in [-0.3, -0.25) is 18.6 Å². The summed E-state index contributed by atoms with van der Waals surface area (Å²) in [5, 5.41) is 18.1. The number of aliphatic hydroxyl groups is 2. The maximum Gasteiger partial charge on any atom is 0.472 e. The van der Waals surface area contributed by atoms with Gasteiger partial charge in [-0.1, -0.05) is 104 Å². The standard InChI is InChI=1S/C28H55O10P/c1-3-5-7-9-11-12-13-14-16-18-20-28(32)38-26(24-37-39(33,34)36-22-25(30)21-29)23-35-27(31)19-17-15-10-8-6-4-2/h25-26,29-30H,3-24H2,1-2H3,(H,33,34). The van der Waals surface area contributed by atoms with Crippen molar-refractivity contribution in [1.29, 1.82) is 0 Å². The van der Waals surface area contributed by atoms with Crippen molar-refractivity contribution in [3.63, 3.8) is 0 Å². The molecule has 0 aromatic rings. The summed E-state index contributed by atoms with van der Waals surface area (Å²) in [6, 6.07) is 0. The SMILES string of the molecule is CCCCCCCCCCCCC(=O)OC(COC(=O)CCCCCCCC)COP(=O)(O)OCC(O)CO. The molecule has 10 nitrogen and oxygen atoms in total. The van der Waals surface area contributed by atoms with E-state index in [1.165, 1.54) is 44.9 Å². The summed E-state index contributed by atoms with van der Waals surface area (Å²) in [5.41, 5.74) is 0. The molecule has 0 heterocycles. The second kappa shape index (κ2) is 25.9. The number of hydrogen-bond acceptors (Lipinski definition) is 9. The second-order valence-corrected chi connectivity index (χ2v) is 11.6. The van der Waals surface area contributed by atoms with Gasteiger partial charge in [0.05, 0.1) is 19.8 Å². The van der Waals surface area contributed by atoms with Crippen LogP contribution in [0.25, 0.3) is 0 Å². The van der Waals surface area contributed by atoms with Crippen LogP contribution in [-0.2, 0) is 32.7 Å². The molecule has 0 aliphatic heterocycles. The highest BCUT2D eigenvalue weighted by molar-refractivity contribution is 7.47. The van der Waals surface area contributed by atoms with Gasteiger partial charge in [0, 0.05) is 12.8 Å². The van der Waals surface area contributed by atoms with Gasteiger partial charge in [-0.25, -0.2) is 4.57 Å². The molecule has 0 saturated heterocycles. The molecule has 0 aliphatic rings. The number of aliphatic hydroxyl groups excluding tert-OH is 2. The first kappa shape index (κ1) is 38.0. The van der Waals surface area contributed by atoms with E-state index in [1.54, 1.807) is 0 Å². The fourth-order valence-electron chi connectivity index (χ4n) is 3.87. The number of phosphoric ester groups is 1. The Hall–Kier alpha value is -1.03. The molecule has 232 valence electrons. The summed E-state index contributed by atoms with van der Waals surface area (Å²) in [6.07, 6.45) is 15.5. The summed E-state index contributed by atoms with van der Waals surface area (Å²) in [6.45, 7) is 2.25. The Balaban J connectivity index is 4.48. The molecule has 39 heavy (non-hydrogen) atoms. The van der Waals surface area contributed by atoms with Crippen molar-refractivity contribution >= 4 is 19.8 Å². The summed E-state index contributed by atoms with van der Waals surface area (Å²) < 4.78 is 32.2. The molecule has 0 spiro atoms. The van der Waals surface area contributed by atoms with E-state index in [9.17, 15) is 24.2 Å². The fraction of sp³-hybridized carbons (Fsp3) is 0.929. The molecule has 0 saturated carbocycles. The molecule has 0 radical (unpaired) electrons. The van der Waals surface area contributed by atoms with Crippen molar-refractivity contribution < 1.29 is 47.8 Å². The van der Waals surface area contributed by atoms with Crippen LogP contribution in [-0.4, -0.2) is 65.7 Å². The second-order valence-electron chi connectivity index (χ2n) is 10.1. The van der Waals surface area contributed by atoms with Crippen molar-refractivity contribution in [2.45, 2.75) is 142 Å². The first-order chi connectivity index (χ1) is 18.7. The fourth-order valence-corrected chi connectivity index (χ4v) is 4.66. The number of unbranched alkanes of at least 4 members (excludes halogenated alkanes) is 14. The van der Waals surface area contributed by atoms with Gasteiger partial charge in [0.15, 0.2) is 6.10 Å². The quantitative estimate of drug-likeness (QED) is 0.0570. The van der Waals surface area contributed by atoms with Crippen LogP contribution in [0.15, 0.2) is 0 Å². The molecule has 0 aliphatic carbocycles. The third kappa shape index (κ3) is 25.7. The molecule has 0 rings (SSSR count). The molecule has 0 bridgehead atoms. The third-order valence-electron chi connectivity index (χ3n) is 6.26. The minimum atomic E-state index is -4.58. The average molecular weight is 583 g/mol. The predicted octanol–water partition coefficient (Wildman–Crippen LogP) is 5.99. The molecule has 3 atom stereocenters. The number of carbonyl (C=O) groups excluding carboxylic acids is 2. The van der Waals surface area contributed by atoms with Gasteiger partial charge in [0.2, 0.25) is 0 Å². The van der Waals surface area contributed by atoms with E-state index >= 15 is 0 Å². The Labute approximate surface area is 235 Å². The maximum atomic E-state index is 12.4. The van der Waals surface area contributed by atoms with Crippen molar-refractivity contribution in [3.05, 3.63) is 0 Å². The molecular weight excluding hydrogens is 527 g/mol. The van der Waals surface area contributed by atoms with Gasteiger partial charge in [0.1, 0.15) is 12.7 Å². The van der Waals surface area contributed by atoms with Crippen LogP contribution in [0.1, 0.15) is 129 Å². The molecule has 0 aromatic heterocycles. The van der Waals surface area contributed by atoms with E-state index in [0.29, 0.717) is 12.8 Å². The molecule has 0 amide bonds. The van der Waals surface area contributed by atoms with Gasteiger partial charge in [0.25, 0.3) is 0 Å². The lowest BCUT2D eigenvalue weighted by molar-refractivity contribution is -0.161. The number of carbonyl (C=O) groups is 2. The zero-order chi connectivity index (χ0) is 29.2. The van der Waals surface area contributed by atoms with Crippen LogP contribution >= 0.6 is 7.82 Å². The van der Waals surface area contributed by atoms with Crippen LogP contribution < -0.4 is 0 Å². The summed E-state index contributed by atoms with van der Waals surface area (Å²) in [7, 11) is -4.58. The maximum absolute atomic E-state index is 12.4. The lowest BCUT2D eigenvalue weighted by Crippen LogP contribution is -2.29. The minimum Gasteiger partial charge on any atom is -0.462 e. The number of esters is 2. The van der Waals surface area contributed by atoms with E-state index in [0.717, 1.165) is 44.9 Å². The number of ether oxygens (including phenoxy) is 2. The van der Waals surface area contributed by atoms with E-state index in [1.807, 2.05) is 0 Å². The smallest absolute Gasteiger partial charge is 0.462 e. The van der Waals surface area contributed by atoms with E-state index in [4.69, 9.17) is 19.1 Å². The predicted molar refractivity (Wildman–Crippen MR) is 150 cm³/mol. The van der Waals surface area contributed by atoms with Crippen molar-refractivity contribution in [2.24, 2.45) is 0 Å². The molecule has 3 N–H and O–H groups in total. The number of rotatable bonds is 28. The molecule has 0 fully saturated rings. The lowest BCUT2D eigenvalue weighted by Gasteiger charge is -2.20. The van der Waals surface area contributed by atoms with Crippen molar-refractivity contribution in [2.75, 3.05) is 26.4 Å². The normalized spacial score (nSPS) is 14.5. The van der Waals surface area contributed by atoms with Crippen LogP contribution in [0.2, 0.25) is 0 Å². The van der Waals surface area contributed by atoms with E-state index in [2.05, 4.69) is 18.4 Å². The first-order valence-electron chi connectivity index (χ1n) is 15.0. The minimum absolute atomic E-state index is 0.189. The monoisotopic (exact) mass is 582 g/mol. The van der Waals surface area contributed by atoms with E-state index < -0.39 is 51.8 Å².